The Morgan fingerprint density at radius 3 is 2.62 bits per heavy atom. The van der Waals surface area contributed by atoms with Crippen LogP contribution in [0.4, 0.5) is 8.78 Å². The smallest absolute Gasteiger partial charge is 0.149 e. The number of nitrogens with zero attached hydrogens (tertiary/aromatic N) is 1. The van der Waals surface area contributed by atoms with Crippen molar-refractivity contribution in [1.82, 2.24) is 4.98 Å². The number of rotatable bonds is 5. The molecule has 5 heteroatoms. The van der Waals surface area contributed by atoms with Crippen LogP contribution in [0.2, 0.25) is 5.15 Å². The summed E-state index contributed by atoms with van der Waals surface area (Å²) in [6, 6.07) is 7.49. The molecule has 0 amide bonds. The van der Waals surface area contributed by atoms with E-state index in [1.807, 2.05) is 6.92 Å². The molecule has 0 radical (unpaired) electrons. The normalized spacial score (nSPS) is 10.5. The van der Waals surface area contributed by atoms with Crippen LogP contribution in [-0.4, -0.2) is 18.3 Å². The van der Waals surface area contributed by atoms with Crippen LogP contribution in [0.25, 0.3) is 11.3 Å². The fourth-order valence-corrected chi connectivity index (χ4v) is 2.07. The first-order valence-electron chi connectivity index (χ1n) is 6.29. The molecule has 2 aromatic rings. The number of aryl methyl sites for hydroxylation is 1. The largest absolute Gasteiger partial charge is 0.487 e. The first-order valence-corrected chi connectivity index (χ1v) is 6.67. The van der Waals surface area contributed by atoms with Gasteiger partial charge in [0, 0.05) is 5.56 Å². The number of pyridine rings is 1. The Balaban J connectivity index is 2.43. The molecule has 1 aromatic carbocycles. The molecule has 0 unspecified atom stereocenters. The van der Waals surface area contributed by atoms with Gasteiger partial charge in [0.15, 0.2) is 0 Å². The molecule has 21 heavy (non-hydrogen) atoms. The van der Waals surface area contributed by atoms with Gasteiger partial charge < -0.3 is 4.74 Å². The van der Waals surface area contributed by atoms with E-state index in [1.54, 1.807) is 18.2 Å². The van der Waals surface area contributed by atoms with E-state index in [1.165, 1.54) is 12.1 Å². The summed E-state index contributed by atoms with van der Waals surface area (Å²) in [6.07, 6.45) is 0. The molecule has 0 bridgehead atoms. The predicted octanol–water partition coefficient (Wildman–Crippen LogP) is 4.75. The summed E-state index contributed by atoms with van der Waals surface area (Å²) in [6.45, 7) is 4.77. The van der Waals surface area contributed by atoms with E-state index in [2.05, 4.69) is 11.6 Å². The maximum Gasteiger partial charge on any atom is 0.149 e. The average molecular weight is 310 g/mol. The van der Waals surface area contributed by atoms with Crippen LogP contribution in [0.15, 0.2) is 42.5 Å². The molecule has 0 spiro atoms. The van der Waals surface area contributed by atoms with E-state index < -0.39 is 6.67 Å². The topological polar surface area (TPSA) is 22.1 Å². The molecule has 0 fully saturated rings. The Morgan fingerprint density at radius 2 is 2.00 bits per heavy atom. The number of ether oxygens (including phenoxy) is 1. The number of aromatic nitrogens is 1. The Labute approximate surface area is 127 Å². The zero-order valence-electron chi connectivity index (χ0n) is 11.5. The zero-order valence-corrected chi connectivity index (χ0v) is 12.3. The van der Waals surface area contributed by atoms with Gasteiger partial charge in [0.1, 0.15) is 35.7 Å². The molecule has 0 N–H and O–H groups in total. The lowest BCUT2D eigenvalue weighted by Crippen LogP contribution is -2.05. The van der Waals surface area contributed by atoms with Gasteiger partial charge in [-0.1, -0.05) is 18.2 Å². The molecule has 0 atom stereocenters. The van der Waals surface area contributed by atoms with Gasteiger partial charge >= 0.3 is 0 Å². The zero-order chi connectivity index (χ0) is 15.4. The highest BCUT2D eigenvalue weighted by atomic mass is 35.5. The summed E-state index contributed by atoms with van der Waals surface area (Å²) in [7, 11) is 0. The summed E-state index contributed by atoms with van der Waals surface area (Å²) >= 11 is 5.97. The van der Waals surface area contributed by atoms with E-state index in [4.69, 9.17) is 16.3 Å². The second kappa shape index (κ2) is 6.68. The van der Waals surface area contributed by atoms with Crippen LogP contribution in [0.1, 0.15) is 5.56 Å². The predicted molar refractivity (Wildman–Crippen MR) is 80.0 cm³/mol. The molecule has 0 aliphatic heterocycles. The van der Waals surface area contributed by atoms with Gasteiger partial charge in [-0.05, 0) is 48.4 Å². The lowest BCUT2D eigenvalue weighted by Gasteiger charge is -2.14. The molecule has 0 aliphatic rings. The summed E-state index contributed by atoms with van der Waals surface area (Å²) < 4.78 is 31.1. The molecule has 1 aromatic heterocycles. The summed E-state index contributed by atoms with van der Waals surface area (Å²) in [5.74, 6) is 0.145. The molecule has 1 heterocycles. The average Bonchev–Trinajstić information content (AvgIpc) is 2.46. The summed E-state index contributed by atoms with van der Waals surface area (Å²) in [5.41, 5.74) is 2.25. The van der Waals surface area contributed by atoms with Crippen LogP contribution < -0.4 is 4.74 Å². The molecular formula is C16H14ClF2NO. The number of halogens is 3. The van der Waals surface area contributed by atoms with E-state index >= 15 is 0 Å². The fourth-order valence-electron chi connectivity index (χ4n) is 1.82. The van der Waals surface area contributed by atoms with Crippen molar-refractivity contribution in [2.75, 3.05) is 13.3 Å². The van der Waals surface area contributed by atoms with Gasteiger partial charge in [-0.15, -0.1) is 0 Å². The first kappa shape index (κ1) is 15.4. The van der Waals surface area contributed by atoms with Gasteiger partial charge in [0.25, 0.3) is 0 Å². The fraction of sp³-hybridized carbons (Fsp3) is 0.188. The SMILES string of the molecule is C=C(CF)COc1c(C)cc(Cl)nc1-c1ccc(F)cc1. The van der Waals surface area contributed by atoms with Crippen LogP contribution in [-0.2, 0) is 0 Å². The van der Waals surface area contributed by atoms with Crippen molar-refractivity contribution >= 4 is 11.6 Å². The Kier molecular flexibility index (Phi) is 4.91. The monoisotopic (exact) mass is 309 g/mol. The van der Waals surface area contributed by atoms with Gasteiger partial charge in [0.05, 0.1) is 0 Å². The highest BCUT2D eigenvalue weighted by Gasteiger charge is 2.13. The third-order valence-electron chi connectivity index (χ3n) is 2.85. The third-order valence-corrected chi connectivity index (χ3v) is 3.05. The third kappa shape index (κ3) is 3.79. The quantitative estimate of drug-likeness (QED) is 0.587. The highest BCUT2D eigenvalue weighted by molar-refractivity contribution is 6.29. The number of hydrogen-bond donors (Lipinski definition) is 0. The standard InChI is InChI=1S/C16H14ClF2NO/c1-10(8-18)9-21-16-11(2)7-14(17)20-15(16)12-3-5-13(19)6-4-12/h3-7H,1,8-9H2,2H3. The summed E-state index contributed by atoms with van der Waals surface area (Å²) in [5, 5.41) is 0.309. The number of hydrogen-bond acceptors (Lipinski definition) is 2. The van der Waals surface area contributed by atoms with Crippen LogP contribution in [0, 0.1) is 12.7 Å². The van der Waals surface area contributed by atoms with Crippen molar-refractivity contribution in [3.05, 3.63) is 59.0 Å². The van der Waals surface area contributed by atoms with Crippen molar-refractivity contribution in [3.63, 3.8) is 0 Å². The number of alkyl halides is 1. The van der Waals surface area contributed by atoms with Crippen molar-refractivity contribution in [2.24, 2.45) is 0 Å². The van der Waals surface area contributed by atoms with Crippen LogP contribution >= 0.6 is 11.6 Å². The molecule has 0 saturated heterocycles. The molecule has 2 nitrogen and oxygen atoms in total. The van der Waals surface area contributed by atoms with E-state index in [0.717, 1.165) is 5.56 Å². The van der Waals surface area contributed by atoms with E-state index in [-0.39, 0.29) is 12.4 Å². The van der Waals surface area contributed by atoms with Crippen LogP contribution in [0.5, 0.6) is 5.75 Å². The molecule has 110 valence electrons. The van der Waals surface area contributed by atoms with Gasteiger partial charge in [0.2, 0.25) is 0 Å². The molecule has 0 saturated carbocycles. The second-order valence-corrected chi connectivity index (χ2v) is 5.01. The first-order chi connectivity index (χ1) is 10.0. The summed E-state index contributed by atoms with van der Waals surface area (Å²) in [4.78, 5) is 4.23. The van der Waals surface area contributed by atoms with Crippen molar-refractivity contribution in [2.45, 2.75) is 6.92 Å². The maximum atomic E-state index is 13.0. The van der Waals surface area contributed by atoms with Crippen molar-refractivity contribution < 1.29 is 13.5 Å². The van der Waals surface area contributed by atoms with Crippen molar-refractivity contribution in [3.8, 4) is 17.0 Å². The molecule has 2 rings (SSSR count). The van der Waals surface area contributed by atoms with E-state index in [0.29, 0.717) is 27.7 Å². The minimum atomic E-state index is -0.647. The van der Waals surface area contributed by atoms with Crippen LogP contribution in [0.3, 0.4) is 0 Å². The molecule has 0 aliphatic carbocycles. The minimum absolute atomic E-state index is 0.0504. The highest BCUT2D eigenvalue weighted by Crippen LogP contribution is 2.33. The molecular weight excluding hydrogens is 296 g/mol. The maximum absolute atomic E-state index is 13.0. The van der Waals surface area contributed by atoms with Gasteiger partial charge in [-0.3, -0.25) is 0 Å². The lowest BCUT2D eigenvalue weighted by molar-refractivity contribution is 0.336. The Bertz CT molecular complexity index is 656. The van der Waals surface area contributed by atoms with Gasteiger partial charge in [-0.25, -0.2) is 13.8 Å². The Morgan fingerprint density at radius 1 is 1.33 bits per heavy atom. The number of benzene rings is 1. The van der Waals surface area contributed by atoms with Gasteiger partial charge in [-0.2, -0.15) is 0 Å². The van der Waals surface area contributed by atoms with E-state index in [9.17, 15) is 8.78 Å². The van der Waals surface area contributed by atoms with Crippen molar-refractivity contribution in [1.29, 1.82) is 0 Å². The lowest BCUT2D eigenvalue weighted by atomic mass is 10.1. The minimum Gasteiger partial charge on any atom is -0.487 e. The second-order valence-electron chi connectivity index (χ2n) is 4.62. The Hall–Kier alpha value is -1.94.